The van der Waals surface area contributed by atoms with E-state index in [1.54, 1.807) is 120 Å². The van der Waals surface area contributed by atoms with Crippen LogP contribution in [0.2, 0.25) is 0 Å². The van der Waals surface area contributed by atoms with Gasteiger partial charge in [0.05, 0.1) is 28.5 Å². The molecule has 1 amide bonds. The Balaban J connectivity index is 0. The van der Waals surface area contributed by atoms with E-state index in [2.05, 4.69) is 92.7 Å². The van der Waals surface area contributed by atoms with Gasteiger partial charge in [0, 0.05) is 85.6 Å². The molecule has 0 saturated heterocycles. The molecule has 0 bridgehead atoms. The number of nitro groups is 1. The fourth-order valence-electron chi connectivity index (χ4n) is 4.64. The molecule has 398 valence electrons. The van der Waals surface area contributed by atoms with Crippen LogP contribution >= 0.6 is 47.8 Å². The number of carboxylic acid groups (broad SMARTS) is 2. The van der Waals surface area contributed by atoms with E-state index in [0.29, 0.717) is 17.3 Å². The van der Waals surface area contributed by atoms with Gasteiger partial charge in [-0.25, -0.2) is 9.97 Å². The van der Waals surface area contributed by atoms with Gasteiger partial charge >= 0.3 is 121 Å². The van der Waals surface area contributed by atoms with Crippen LogP contribution in [0.1, 0.15) is 68.5 Å². The summed E-state index contributed by atoms with van der Waals surface area (Å²) in [4.78, 5) is 78.8. The molecule has 0 aromatic carbocycles. The van der Waals surface area contributed by atoms with E-state index in [4.69, 9.17) is 10.8 Å². The van der Waals surface area contributed by atoms with E-state index in [-0.39, 0.29) is 138 Å². The third kappa shape index (κ3) is 41.5. The summed E-state index contributed by atoms with van der Waals surface area (Å²) in [6.07, 6.45) is 13.4. The van der Waals surface area contributed by atoms with Crippen LogP contribution in [-0.4, -0.2) is 91.1 Å². The Bertz CT molecular complexity index is 2700. The summed E-state index contributed by atoms with van der Waals surface area (Å²) >= 11 is 9.16. The van der Waals surface area contributed by atoms with Crippen molar-refractivity contribution in [3.63, 3.8) is 0 Å². The number of halogens is 3. The standard InChI is InChI=1S/C14H14BrN3O.C11H11N3.C8H9NO2.C7H7NO2.C5H3BrN2O2.C4H9O.C3H5BrO2.2K/c1-10(15)14(19)18-13-6-5-11(9-17-13)8-12-4-2-3-7-16-12;12-11-5-4-9(8-14-11)7-10-3-1-2-6-13-10;1-11-8(10)6-7-4-2-3-5-9-7;9-7(10)5-6-3-1-2-4-8-6;6-4-1-2-5(7-3-4)8(9)10;1-4(2,3)5;1-2(4)3(5)6;;/h2-7,9-10H,8H2,1H3,(H,17,18,19);1-6,8H,7H2,(H2,12,14);2-5H,6H2,1H3;1-4H,5H2,(H,9,10);1-3H;1-3H3;2H,1H3,(H,5,6);;/q;;;;;-1;;2*+1/p-1. The van der Waals surface area contributed by atoms with Crippen LogP contribution < -0.4 is 124 Å². The number of amides is 1. The van der Waals surface area contributed by atoms with Gasteiger partial charge in [0.15, 0.2) is 6.20 Å². The first-order valence-electron chi connectivity index (χ1n) is 22.2. The van der Waals surface area contributed by atoms with Crippen LogP contribution in [0, 0.1) is 10.1 Å². The van der Waals surface area contributed by atoms with Crippen molar-refractivity contribution in [3.8, 4) is 0 Å². The molecule has 4 N–H and O–H groups in total. The van der Waals surface area contributed by atoms with Gasteiger partial charge in [0.25, 0.3) is 0 Å². The molecule has 7 aromatic heterocycles. The fourth-order valence-corrected chi connectivity index (χ4v) is 4.99. The molecule has 7 heterocycles. The van der Waals surface area contributed by atoms with Gasteiger partial charge in [0.2, 0.25) is 5.91 Å². The number of methoxy groups -OCH3 is 1. The van der Waals surface area contributed by atoms with Crippen molar-refractivity contribution in [1.82, 2.24) is 34.9 Å². The second kappa shape index (κ2) is 43.7. The van der Waals surface area contributed by atoms with Gasteiger partial charge in [0.1, 0.15) is 16.5 Å². The number of nitrogens with zero attached hydrogens (tertiary/aromatic N) is 8. The number of aromatic nitrogens is 7. The number of ether oxygens (including phenoxy) is 1. The minimum Gasteiger partial charge on any atom is -0.850 e. The van der Waals surface area contributed by atoms with Crippen molar-refractivity contribution in [3.05, 3.63) is 201 Å². The normalized spacial score (nSPS) is 10.3. The number of carboxylic acids is 2. The van der Waals surface area contributed by atoms with Gasteiger partial charge in [-0.2, -0.15) is 0 Å². The van der Waals surface area contributed by atoms with Gasteiger partial charge < -0.3 is 46.0 Å². The average molecular weight is 1300 g/mol. The van der Waals surface area contributed by atoms with Crippen LogP contribution in [-0.2, 0) is 49.6 Å². The number of hydrogen-bond donors (Lipinski definition) is 3. The molecule has 2 unspecified atom stereocenters. The minimum absolute atomic E-state index is 0. The van der Waals surface area contributed by atoms with E-state index >= 15 is 0 Å². The SMILES string of the molecule is CC(Br)C(=O)Nc1ccc(Cc2ccccn2)cn1.CC(Br)C(=O)O.CC(C)(C)[O-].COC(=O)Cc1ccccn1.Nc1ccc(Cc2ccccn2)cn1.O=C([O-])Cc1ccccn1.O=[N+]([O-])c1ccc(Br)cn1.[K+].[K+]. The molecule has 0 spiro atoms. The van der Waals surface area contributed by atoms with Crippen LogP contribution in [0.15, 0.2) is 157 Å². The number of nitrogens with two attached hydrogens (primary N) is 1. The number of carbonyl (C=O) groups excluding carboxylic acids is 3. The van der Waals surface area contributed by atoms with Crippen molar-refractivity contribution in [1.29, 1.82) is 0 Å². The number of esters is 1. The molecule has 7 aromatic rings. The van der Waals surface area contributed by atoms with Crippen LogP contribution in [0.25, 0.3) is 0 Å². The molecule has 0 aliphatic rings. The number of rotatable bonds is 12. The summed E-state index contributed by atoms with van der Waals surface area (Å²) in [6.45, 7) is 8.22. The molecule has 2 atom stereocenters. The van der Waals surface area contributed by atoms with Crippen LogP contribution in [0.4, 0.5) is 17.5 Å². The van der Waals surface area contributed by atoms with Gasteiger partial charge in [-0.15, -0.1) is 5.60 Å². The molecule has 7 rings (SSSR count). The summed E-state index contributed by atoms with van der Waals surface area (Å²) in [5.41, 5.74) is 10.2. The summed E-state index contributed by atoms with van der Waals surface area (Å²) in [5, 5.41) is 40.8. The van der Waals surface area contributed by atoms with Crippen molar-refractivity contribution in [2.45, 2.75) is 75.6 Å². The fraction of sp³-hybridized carbons (Fsp3) is 0.250. The zero-order valence-corrected chi connectivity index (χ0v) is 54.8. The quantitative estimate of drug-likeness (QED) is 0.0511. The van der Waals surface area contributed by atoms with Crippen LogP contribution in [0.5, 0.6) is 0 Å². The number of carbonyl (C=O) groups is 4. The molecule has 0 aliphatic carbocycles. The topological polar surface area (TPSA) is 315 Å². The number of anilines is 2. The molecule has 0 saturated carbocycles. The summed E-state index contributed by atoms with van der Waals surface area (Å²) in [5.74, 6) is -1.32. The maximum absolute atomic E-state index is 11.5. The number of alkyl halides is 2. The Labute approximate surface area is 558 Å². The largest absolute Gasteiger partial charge is 1.00 e. The number of aliphatic carboxylic acids is 2. The summed E-state index contributed by atoms with van der Waals surface area (Å²) in [6, 6.07) is 32.7. The first-order chi connectivity index (χ1) is 35.4. The van der Waals surface area contributed by atoms with Gasteiger partial charge in [-0.05, 0) is 118 Å². The maximum Gasteiger partial charge on any atom is 1.00 e. The second-order valence-electron chi connectivity index (χ2n) is 15.8. The van der Waals surface area contributed by atoms with Crippen molar-refractivity contribution < 1.29 is 147 Å². The zero-order valence-electron chi connectivity index (χ0n) is 43.8. The first kappa shape index (κ1) is 74.9. The number of pyridine rings is 7. The smallest absolute Gasteiger partial charge is 0.850 e. The Morgan fingerprint density at radius 2 is 1.09 bits per heavy atom. The maximum atomic E-state index is 11.5. The summed E-state index contributed by atoms with van der Waals surface area (Å²) in [7, 11) is 1.37. The molecule has 25 heteroatoms. The van der Waals surface area contributed by atoms with Gasteiger partial charge in [-0.3, -0.25) is 34.3 Å². The Morgan fingerprint density at radius 1 is 0.662 bits per heavy atom. The zero-order chi connectivity index (χ0) is 56.2. The Kier molecular flexibility index (Phi) is 42.5. The molecule has 0 aliphatic heterocycles. The second-order valence-corrected chi connectivity index (χ2v) is 19.5. The third-order valence-corrected chi connectivity index (χ3v) is 9.35. The van der Waals surface area contributed by atoms with Crippen molar-refractivity contribution in [2.24, 2.45) is 0 Å². The van der Waals surface area contributed by atoms with Crippen LogP contribution in [0.3, 0.4) is 0 Å². The van der Waals surface area contributed by atoms with E-state index in [1.165, 1.54) is 19.4 Å². The van der Waals surface area contributed by atoms with Crippen molar-refractivity contribution >= 4 is 89.1 Å². The third-order valence-electron chi connectivity index (χ3n) is 8.08. The predicted molar refractivity (Wildman–Crippen MR) is 291 cm³/mol. The molecular weight excluding hydrogens is 1240 g/mol. The number of hydrogen-bond acceptors (Lipinski definition) is 17. The molecular formula is C52H57Br3K2N10O10. The van der Waals surface area contributed by atoms with E-state index in [1.807, 2.05) is 54.6 Å². The molecule has 0 radical (unpaired) electrons. The van der Waals surface area contributed by atoms with Crippen molar-refractivity contribution in [2.75, 3.05) is 18.2 Å². The Morgan fingerprint density at radius 3 is 1.40 bits per heavy atom. The molecule has 0 fully saturated rings. The minimum atomic E-state index is -1.10. The summed E-state index contributed by atoms with van der Waals surface area (Å²) < 4.78 is 5.21. The number of nitrogens with one attached hydrogen (secondary N) is 1. The van der Waals surface area contributed by atoms with E-state index in [9.17, 15) is 39.5 Å². The Hall–Kier alpha value is -4.20. The van der Waals surface area contributed by atoms with E-state index in [0.717, 1.165) is 45.5 Å². The molecule has 20 nitrogen and oxygen atoms in total. The monoisotopic (exact) mass is 1300 g/mol. The predicted octanol–water partition coefficient (Wildman–Crippen LogP) is 1.37. The first-order valence-corrected chi connectivity index (χ1v) is 24.9. The van der Waals surface area contributed by atoms with E-state index < -0.39 is 27.3 Å². The average Bonchev–Trinajstić information content (AvgIpc) is 3.37. The molecule has 77 heavy (non-hydrogen) atoms. The number of nitrogen functional groups attached to an aromatic ring is 1. The van der Waals surface area contributed by atoms with Gasteiger partial charge in [-0.1, -0.05) is 89.0 Å².